The summed E-state index contributed by atoms with van der Waals surface area (Å²) in [5.74, 6) is -0.803. The van der Waals surface area contributed by atoms with Gasteiger partial charge in [-0.25, -0.2) is 4.79 Å². The van der Waals surface area contributed by atoms with E-state index in [9.17, 15) is 19.7 Å². The van der Waals surface area contributed by atoms with Crippen molar-refractivity contribution in [2.75, 3.05) is 6.61 Å². The lowest BCUT2D eigenvalue weighted by molar-refractivity contribution is -0.385. The number of nitro groups is 1. The predicted molar refractivity (Wildman–Crippen MR) is 81.0 cm³/mol. The quantitative estimate of drug-likeness (QED) is 0.330. The van der Waals surface area contributed by atoms with Crippen molar-refractivity contribution in [3.63, 3.8) is 0 Å². The maximum absolute atomic E-state index is 11.7. The molecule has 1 aromatic rings. The van der Waals surface area contributed by atoms with Crippen LogP contribution in [-0.4, -0.2) is 40.8 Å². The van der Waals surface area contributed by atoms with E-state index in [2.05, 4.69) is 5.32 Å². The van der Waals surface area contributed by atoms with Crippen LogP contribution in [0.15, 0.2) is 24.3 Å². The molecule has 3 atom stereocenters. The average Bonchev–Trinajstić information content (AvgIpc) is 2.52. The number of nitrogens with one attached hydrogen (secondary N) is 1. The van der Waals surface area contributed by atoms with Gasteiger partial charge in [-0.1, -0.05) is 12.1 Å². The Morgan fingerprint density at radius 2 is 2.17 bits per heavy atom. The van der Waals surface area contributed by atoms with Crippen LogP contribution in [0.5, 0.6) is 0 Å². The van der Waals surface area contributed by atoms with Crippen LogP contribution in [-0.2, 0) is 20.9 Å². The first kappa shape index (κ1) is 17.7. The van der Waals surface area contributed by atoms with Crippen molar-refractivity contribution >= 4 is 17.7 Å². The molecule has 9 nitrogen and oxygen atoms in total. The molecule has 1 aromatic carbocycles. The number of hydrogen-bond acceptors (Lipinski definition) is 7. The molecule has 1 fully saturated rings. The summed E-state index contributed by atoms with van der Waals surface area (Å²) in [5, 5.41) is 22.4. The van der Waals surface area contributed by atoms with Crippen LogP contribution >= 0.6 is 0 Å². The molecule has 1 heterocycles. The molecule has 24 heavy (non-hydrogen) atoms. The number of amides is 1. The number of carbonyl (C=O) groups is 2. The van der Waals surface area contributed by atoms with Crippen LogP contribution < -0.4 is 5.32 Å². The van der Waals surface area contributed by atoms with E-state index in [0.717, 1.165) is 0 Å². The molecule has 9 heteroatoms. The third kappa shape index (κ3) is 3.99. The number of nitrogens with zero attached hydrogens (tertiary/aromatic N) is 1. The highest BCUT2D eigenvalue weighted by Crippen LogP contribution is 2.24. The molecular formula is C15H18N2O7. The summed E-state index contributed by atoms with van der Waals surface area (Å²) in [4.78, 5) is 33.6. The molecule has 0 spiro atoms. The molecule has 0 aromatic heterocycles. The molecule has 1 aliphatic heterocycles. The largest absolute Gasteiger partial charge is 0.508 e. The van der Waals surface area contributed by atoms with Crippen molar-refractivity contribution in [2.24, 2.45) is 5.92 Å². The zero-order valence-electron chi connectivity index (χ0n) is 13.0. The van der Waals surface area contributed by atoms with Crippen LogP contribution in [0, 0.1) is 16.0 Å². The lowest BCUT2D eigenvalue weighted by Gasteiger charge is -2.39. The molecule has 130 valence electrons. The number of ether oxygens (including phenoxy) is 2. The Morgan fingerprint density at radius 3 is 2.79 bits per heavy atom. The van der Waals surface area contributed by atoms with Gasteiger partial charge in [-0.05, 0) is 19.4 Å². The Balaban J connectivity index is 1.87. The van der Waals surface area contributed by atoms with Crippen LogP contribution in [0.2, 0.25) is 0 Å². The standard InChI is InChI=1S/C15H18N2O7/c1-9(13-11(6-7-18)16-14(13)19)24-15(20)23-8-10-4-2-3-5-12(10)17(21)22/h2-5,9,11,13,18H,6-8H2,1H3,(H,16,19)/t9-,11+,13+/m0/s1. The minimum atomic E-state index is -1.01. The summed E-state index contributed by atoms with van der Waals surface area (Å²) in [7, 11) is 0. The van der Waals surface area contributed by atoms with Crippen molar-refractivity contribution in [2.45, 2.75) is 32.1 Å². The van der Waals surface area contributed by atoms with Gasteiger partial charge in [-0.2, -0.15) is 0 Å². The number of para-hydroxylation sites is 1. The zero-order valence-corrected chi connectivity index (χ0v) is 13.0. The predicted octanol–water partition coefficient (Wildman–Crippen LogP) is 1.13. The number of nitro benzene ring substituents is 1. The Kier molecular flexibility index (Phi) is 5.69. The number of aliphatic hydroxyl groups is 1. The SMILES string of the molecule is C[C@H](OC(=O)OCc1ccccc1[N+](=O)[O-])[C@H]1C(=O)N[C@@H]1CCO. The van der Waals surface area contributed by atoms with Crippen molar-refractivity contribution in [3.8, 4) is 0 Å². The first-order valence-corrected chi connectivity index (χ1v) is 7.41. The van der Waals surface area contributed by atoms with E-state index in [0.29, 0.717) is 6.42 Å². The fraction of sp³-hybridized carbons (Fsp3) is 0.467. The highest BCUT2D eigenvalue weighted by Gasteiger charge is 2.44. The second kappa shape index (κ2) is 7.73. The fourth-order valence-electron chi connectivity index (χ4n) is 2.59. The molecule has 0 bridgehead atoms. The Labute approximate surface area is 137 Å². The molecule has 2 rings (SSSR count). The third-order valence-corrected chi connectivity index (χ3v) is 3.83. The maximum Gasteiger partial charge on any atom is 0.508 e. The van der Waals surface area contributed by atoms with Crippen LogP contribution in [0.4, 0.5) is 10.5 Å². The van der Waals surface area contributed by atoms with E-state index >= 15 is 0 Å². The molecule has 0 radical (unpaired) electrons. The van der Waals surface area contributed by atoms with Gasteiger partial charge in [-0.3, -0.25) is 14.9 Å². The van der Waals surface area contributed by atoms with Gasteiger partial charge in [0.25, 0.3) is 5.69 Å². The summed E-state index contributed by atoms with van der Waals surface area (Å²) < 4.78 is 9.94. The van der Waals surface area contributed by atoms with Gasteiger partial charge in [0.1, 0.15) is 12.7 Å². The van der Waals surface area contributed by atoms with Gasteiger partial charge in [0.15, 0.2) is 0 Å². The monoisotopic (exact) mass is 338 g/mol. The van der Waals surface area contributed by atoms with Gasteiger partial charge in [0, 0.05) is 18.7 Å². The highest BCUT2D eigenvalue weighted by atomic mass is 16.7. The second-order valence-electron chi connectivity index (χ2n) is 5.40. The van der Waals surface area contributed by atoms with E-state index in [1.807, 2.05) is 0 Å². The van der Waals surface area contributed by atoms with E-state index in [1.165, 1.54) is 18.2 Å². The first-order valence-electron chi connectivity index (χ1n) is 7.41. The van der Waals surface area contributed by atoms with E-state index < -0.39 is 23.1 Å². The molecular weight excluding hydrogens is 320 g/mol. The van der Waals surface area contributed by atoms with Crippen molar-refractivity contribution < 1.29 is 29.1 Å². The number of carbonyl (C=O) groups excluding carboxylic acids is 2. The molecule has 0 saturated carbocycles. The van der Waals surface area contributed by atoms with Crippen LogP contribution in [0.25, 0.3) is 0 Å². The molecule has 2 N–H and O–H groups in total. The highest BCUT2D eigenvalue weighted by molar-refractivity contribution is 5.86. The number of rotatable bonds is 7. The number of aliphatic hydroxyl groups excluding tert-OH is 1. The van der Waals surface area contributed by atoms with Gasteiger partial charge >= 0.3 is 6.16 Å². The molecule has 1 saturated heterocycles. The second-order valence-corrected chi connectivity index (χ2v) is 5.40. The van der Waals surface area contributed by atoms with E-state index in [1.54, 1.807) is 13.0 Å². The van der Waals surface area contributed by atoms with Crippen molar-refractivity contribution in [1.82, 2.24) is 5.32 Å². The van der Waals surface area contributed by atoms with Crippen LogP contribution in [0.3, 0.4) is 0 Å². The Hall–Kier alpha value is -2.68. The molecule has 0 unspecified atom stereocenters. The third-order valence-electron chi connectivity index (χ3n) is 3.83. The number of hydrogen-bond donors (Lipinski definition) is 2. The average molecular weight is 338 g/mol. The fourth-order valence-corrected chi connectivity index (χ4v) is 2.59. The number of benzene rings is 1. The summed E-state index contributed by atoms with van der Waals surface area (Å²) in [5.41, 5.74) is 0.0892. The molecule has 1 amide bonds. The Morgan fingerprint density at radius 1 is 1.46 bits per heavy atom. The van der Waals surface area contributed by atoms with E-state index in [-0.39, 0.29) is 36.4 Å². The Bertz CT molecular complexity index is 634. The van der Waals surface area contributed by atoms with Gasteiger partial charge in [0.2, 0.25) is 5.91 Å². The summed E-state index contributed by atoms with van der Waals surface area (Å²) in [6.45, 7) is 1.16. The zero-order chi connectivity index (χ0) is 17.7. The van der Waals surface area contributed by atoms with Crippen molar-refractivity contribution in [1.29, 1.82) is 0 Å². The number of β-lactam (4-membered cyclic amide) rings is 1. The van der Waals surface area contributed by atoms with Gasteiger partial charge in [0.05, 0.1) is 16.4 Å². The summed E-state index contributed by atoms with van der Waals surface area (Å²) in [6.07, 6.45) is -1.37. The van der Waals surface area contributed by atoms with Crippen molar-refractivity contribution in [3.05, 3.63) is 39.9 Å². The molecule has 0 aliphatic carbocycles. The smallest absolute Gasteiger partial charge is 0.430 e. The minimum absolute atomic E-state index is 0.0870. The summed E-state index contributed by atoms with van der Waals surface area (Å²) >= 11 is 0. The first-order chi connectivity index (χ1) is 11.4. The van der Waals surface area contributed by atoms with Crippen LogP contribution in [0.1, 0.15) is 18.9 Å². The van der Waals surface area contributed by atoms with E-state index in [4.69, 9.17) is 14.6 Å². The normalized spacial score (nSPS) is 20.5. The molecule has 1 aliphatic rings. The van der Waals surface area contributed by atoms with Gasteiger partial charge in [-0.15, -0.1) is 0 Å². The van der Waals surface area contributed by atoms with Gasteiger partial charge < -0.3 is 19.9 Å². The maximum atomic E-state index is 11.7. The minimum Gasteiger partial charge on any atom is -0.430 e. The lowest BCUT2D eigenvalue weighted by atomic mass is 9.84. The lowest BCUT2D eigenvalue weighted by Crippen LogP contribution is -2.62. The topological polar surface area (TPSA) is 128 Å². The summed E-state index contributed by atoms with van der Waals surface area (Å²) in [6, 6.07) is 5.65.